The van der Waals surface area contributed by atoms with Gasteiger partial charge in [-0.25, -0.2) is 0 Å². The average Bonchev–Trinajstić information content (AvgIpc) is 2.74. The molecule has 20 heavy (non-hydrogen) atoms. The van der Waals surface area contributed by atoms with Gasteiger partial charge in [0.2, 0.25) is 0 Å². The smallest absolute Gasteiger partial charge is 0.0642 e. The number of hydrogen-bond donors (Lipinski definition) is 1. The highest BCUT2D eigenvalue weighted by Gasteiger charge is 2.27. The maximum Gasteiger partial charge on any atom is 0.0642 e. The van der Waals surface area contributed by atoms with Gasteiger partial charge in [0, 0.05) is 32.8 Å². The van der Waals surface area contributed by atoms with Crippen LogP contribution in [0.1, 0.15) is 25.8 Å². The third-order valence-corrected chi connectivity index (χ3v) is 4.22. The Kier molecular flexibility index (Phi) is 5.70. The zero-order valence-electron chi connectivity index (χ0n) is 12.7. The molecule has 3 nitrogen and oxygen atoms in total. The maximum absolute atomic E-state index is 6.47. The van der Waals surface area contributed by atoms with Crippen molar-refractivity contribution in [3.8, 4) is 0 Å². The van der Waals surface area contributed by atoms with Gasteiger partial charge < -0.3 is 15.0 Å². The molecule has 1 heterocycles. The summed E-state index contributed by atoms with van der Waals surface area (Å²) in [7, 11) is 1.71. The number of nitrogens with one attached hydrogen (secondary N) is 1. The first-order chi connectivity index (χ1) is 9.61. The summed E-state index contributed by atoms with van der Waals surface area (Å²) in [6.45, 7) is 8.10. The maximum atomic E-state index is 6.47. The number of rotatable bonds is 6. The zero-order valence-corrected chi connectivity index (χ0v) is 13.4. The van der Waals surface area contributed by atoms with E-state index in [9.17, 15) is 0 Å². The van der Waals surface area contributed by atoms with E-state index in [1.165, 1.54) is 17.7 Å². The van der Waals surface area contributed by atoms with Gasteiger partial charge in [-0.05, 0) is 37.0 Å². The Morgan fingerprint density at radius 1 is 1.40 bits per heavy atom. The van der Waals surface area contributed by atoms with Crippen LogP contribution in [0.5, 0.6) is 0 Å². The van der Waals surface area contributed by atoms with E-state index in [2.05, 4.69) is 42.3 Å². The first-order valence-electron chi connectivity index (χ1n) is 7.36. The van der Waals surface area contributed by atoms with Gasteiger partial charge in [0.15, 0.2) is 0 Å². The molecule has 1 aromatic carbocycles. The minimum absolute atomic E-state index is 0.577. The van der Waals surface area contributed by atoms with E-state index < -0.39 is 0 Å². The van der Waals surface area contributed by atoms with Crippen molar-refractivity contribution in [2.24, 2.45) is 5.92 Å². The second-order valence-electron chi connectivity index (χ2n) is 5.80. The van der Waals surface area contributed by atoms with Gasteiger partial charge in [-0.1, -0.05) is 24.6 Å². The molecule has 0 aromatic heterocycles. The summed E-state index contributed by atoms with van der Waals surface area (Å²) in [5, 5.41) is 4.20. The molecule has 0 amide bonds. The number of hydrogen-bond acceptors (Lipinski definition) is 3. The van der Waals surface area contributed by atoms with Crippen LogP contribution >= 0.6 is 11.6 Å². The largest absolute Gasteiger partial charge is 0.383 e. The van der Waals surface area contributed by atoms with Crippen LogP contribution in [0.15, 0.2) is 18.2 Å². The van der Waals surface area contributed by atoms with Crippen molar-refractivity contribution in [2.75, 3.05) is 31.7 Å². The minimum Gasteiger partial charge on any atom is -0.383 e. The van der Waals surface area contributed by atoms with Crippen LogP contribution in [0.4, 0.5) is 5.69 Å². The van der Waals surface area contributed by atoms with Crippen molar-refractivity contribution >= 4 is 17.3 Å². The molecule has 1 aromatic rings. The second-order valence-corrected chi connectivity index (χ2v) is 6.20. The van der Waals surface area contributed by atoms with Crippen molar-refractivity contribution < 1.29 is 4.74 Å². The lowest BCUT2D eigenvalue weighted by Crippen LogP contribution is -2.27. The third-order valence-electron chi connectivity index (χ3n) is 3.92. The van der Waals surface area contributed by atoms with E-state index in [0.717, 1.165) is 37.2 Å². The molecular formula is C16H25ClN2O. The van der Waals surface area contributed by atoms with Crippen LogP contribution in [0, 0.1) is 5.92 Å². The molecular weight excluding hydrogens is 272 g/mol. The van der Waals surface area contributed by atoms with E-state index in [1.54, 1.807) is 7.11 Å². The van der Waals surface area contributed by atoms with Crippen molar-refractivity contribution in [2.45, 2.75) is 32.9 Å². The molecule has 0 spiro atoms. The van der Waals surface area contributed by atoms with Gasteiger partial charge in [-0.15, -0.1) is 0 Å². The Balaban J connectivity index is 1.99. The van der Waals surface area contributed by atoms with Crippen LogP contribution in [-0.2, 0) is 11.3 Å². The summed E-state index contributed by atoms with van der Waals surface area (Å²) in [5.74, 6) is 0.747. The first kappa shape index (κ1) is 15.6. The lowest BCUT2D eigenvalue weighted by molar-refractivity contribution is 0.199. The Hall–Kier alpha value is -0.770. The molecule has 0 aliphatic carbocycles. The summed E-state index contributed by atoms with van der Waals surface area (Å²) in [5.41, 5.74) is 2.39. The number of halogens is 1. The fraction of sp³-hybridized carbons (Fsp3) is 0.625. The topological polar surface area (TPSA) is 24.5 Å². The number of nitrogens with zero attached hydrogens (tertiary/aromatic N) is 1. The quantitative estimate of drug-likeness (QED) is 0.815. The molecule has 2 unspecified atom stereocenters. The van der Waals surface area contributed by atoms with E-state index in [4.69, 9.17) is 16.3 Å². The molecule has 0 saturated carbocycles. The predicted octanol–water partition coefficient (Wildman–Crippen LogP) is 3.31. The van der Waals surface area contributed by atoms with Crippen LogP contribution in [0.25, 0.3) is 0 Å². The highest BCUT2D eigenvalue weighted by Crippen LogP contribution is 2.34. The van der Waals surface area contributed by atoms with Gasteiger partial charge in [0.05, 0.1) is 17.3 Å². The fourth-order valence-electron chi connectivity index (χ4n) is 2.94. The molecule has 1 saturated heterocycles. The normalized spacial score (nSPS) is 22.5. The van der Waals surface area contributed by atoms with Crippen LogP contribution in [0.2, 0.25) is 5.02 Å². The molecule has 0 radical (unpaired) electrons. The van der Waals surface area contributed by atoms with Crippen LogP contribution in [-0.4, -0.2) is 32.8 Å². The molecule has 1 aliphatic heterocycles. The highest BCUT2D eigenvalue weighted by atomic mass is 35.5. The van der Waals surface area contributed by atoms with Gasteiger partial charge >= 0.3 is 0 Å². The SMILES string of the molecule is COCCNCc1ccc(N2CC(C)CC2C)c(Cl)c1. The molecule has 1 fully saturated rings. The first-order valence-corrected chi connectivity index (χ1v) is 7.74. The van der Waals surface area contributed by atoms with E-state index in [1.807, 2.05) is 0 Å². The van der Waals surface area contributed by atoms with Crippen molar-refractivity contribution in [1.29, 1.82) is 0 Å². The third kappa shape index (κ3) is 3.87. The number of methoxy groups -OCH3 is 1. The zero-order chi connectivity index (χ0) is 14.5. The number of benzene rings is 1. The molecule has 2 rings (SSSR count). The number of ether oxygens (including phenoxy) is 1. The van der Waals surface area contributed by atoms with Gasteiger partial charge in [0.25, 0.3) is 0 Å². The highest BCUT2D eigenvalue weighted by molar-refractivity contribution is 6.33. The minimum atomic E-state index is 0.577. The van der Waals surface area contributed by atoms with Gasteiger partial charge in [0.1, 0.15) is 0 Å². The molecule has 4 heteroatoms. The Labute approximate surface area is 127 Å². The summed E-state index contributed by atoms with van der Waals surface area (Å²) in [6, 6.07) is 6.97. The molecule has 2 atom stereocenters. The van der Waals surface area contributed by atoms with Crippen LogP contribution in [0.3, 0.4) is 0 Å². The molecule has 1 N–H and O–H groups in total. The van der Waals surface area contributed by atoms with E-state index >= 15 is 0 Å². The summed E-state index contributed by atoms with van der Waals surface area (Å²) >= 11 is 6.47. The van der Waals surface area contributed by atoms with E-state index in [-0.39, 0.29) is 0 Å². The predicted molar refractivity (Wildman–Crippen MR) is 85.6 cm³/mol. The second kappa shape index (κ2) is 7.30. The fourth-order valence-corrected chi connectivity index (χ4v) is 3.25. The van der Waals surface area contributed by atoms with Crippen molar-refractivity contribution in [1.82, 2.24) is 5.32 Å². The Bertz CT molecular complexity index is 438. The standard InChI is InChI=1S/C16H25ClN2O/c1-12-8-13(2)19(11-12)16-5-4-14(9-15(16)17)10-18-6-7-20-3/h4-5,9,12-13,18H,6-8,10-11H2,1-3H3. The molecule has 112 valence electrons. The van der Waals surface area contributed by atoms with Gasteiger partial charge in [-0.3, -0.25) is 0 Å². The lowest BCUT2D eigenvalue weighted by atomic mass is 10.1. The Morgan fingerprint density at radius 3 is 2.80 bits per heavy atom. The summed E-state index contributed by atoms with van der Waals surface area (Å²) in [6.07, 6.45) is 1.25. The molecule has 0 bridgehead atoms. The van der Waals surface area contributed by atoms with Crippen LogP contribution < -0.4 is 10.2 Å². The lowest BCUT2D eigenvalue weighted by Gasteiger charge is -2.25. The number of anilines is 1. The molecule has 1 aliphatic rings. The summed E-state index contributed by atoms with van der Waals surface area (Å²) in [4.78, 5) is 2.43. The monoisotopic (exact) mass is 296 g/mol. The average molecular weight is 297 g/mol. The van der Waals surface area contributed by atoms with E-state index in [0.29, 0.717) is 6.04 Å². The van der Waals surface area contributed by atoms with Gasteiger partial charge in [-0.2, -0.15) is 0 Å². The van der Waals surface area contributed by atoms with Crippen molar-refractivity contribution in [3.63, 3.8) is 0 Å². The Morgan fingerprint density at radius 2 is 2.20 bits per heavy atom. The van der Waals surface area contributed by atoms with Crippen molar-refractivity contribution in [3.05, 3.63) is 28.8 Å². The summed E-state index contributed by atoms with van der Waals surface area (Å²) < 4.78 is 5.02.